The molecule has 41 heavy (non-hydrogen) atoms. The molecular weight excluding hydrogens is 552 g/mol. The standard InChI is InChI=1S/C29H28ClF2N7O2/c1-17(31)28(40)39-12-11-38(15-19(39)7-9-33)27-21-8-10-37(16-23(21)35-29(36-27)41-20-13-34-14-20)24-4-2-3-18-5-6-22(32)26(30)25(18)24/h2-6,19-20,34H,1,7-8,10-16H2. The second-order valence-electron chi connectivity index (χ2n) is 10.4. The van der Waals surface area contributed by atoms with Gasteiger partial charge in [-0.3, -0.25) is 4.79 Å². The van der Waals surface area contributed by atoms with Crippen molar-refractivity contribution in [2.75, 3.05) is 49.1 Å². The molecule has 3 aliphatic rings. The number of benzene rings is 2. The molecule has 0 radical (unpaired) electrons. The number of piperazine rings is 1. The normalized spacial score (nSPS) is 19.0. The minimum Gasteiger partial charge on any atom is -0.457 e. The summed E-state index contributed by atoms with van der Waals surface area (Å²) < 4.78 is 34.2. The average molecular weight is 580 g/mol. The number of nitrogens with one attached hydrogen (secondary N) is 1. The van der Waals surface area contributed by atoms with Crippen molar-refractivity contribution in [2.24, 2.45) is 0 Å². The number of halogens is 3. The maximum absolute atomic E-state index is 14.4. The first-order valence-electron chi connectivity index (χ1n) is 13.5. The lowest BCUT2D eigenvalue weighted by Crippen LogP contribution is -2.56. The molecule has 2 saturated heterocycles. The lowest BCUT2D eigenvalue weighted by molar-refractivity contribution is -0.131. The Balaban J connectivity index is 1.35. The third-order valence-electron chi connectivity index (χ3n) is 7.89. The second kappa shape index (κ2) is 11.1. The molecule has 1 N–H and O–H groups in total. The van der Waals surface area contributed by atoms with Crippen LogP contribution in [-0.4, -0.2) is 72.2 Å². The number of fused-ring (bicyclic) bond motifs is 2. The van der Waals surface area contributed by atoms with Crippen LogP contribution in [0.25, 0.3) is 10.8 Å². The van der Waals surface area contributed by atoms with Crippen LogP contribution in [0.3, 0.4) is 0 Å². The number of hydrogen-bond acceptors (Lipinski definition) is 8. The Bertz CT molecular complexity index is 1570. The van der Waals surface area contributed by atoms with Gasteiger partial charge in [0.2, 0.25) is 0 Å². The quantitative estimate of drug-likeness (QED) is 0.441. The summed E-state index contributed by atoms with van der Waals surface area (Å²) >= 11 is 6.44. The van der Waals surface area contributed by atoms with E-state index in [2.05, 4.69) is 22.9 Å². The number of amides is 1. The van der Waals surface area contributed by atoms with E-state index in [4.69, 9.17) is 26.3 Å². The number of aromatic nitrogens is 2. The van der Waals surface area contributed by atoms with Crippen LogP contribution in [0, 0.1) is 17.1 Å². The third-order valence-corrected chi connectivity index (χ3v) is 8.26. The first-order chi connectivity index (χ1) is 19.8. The van der Waals surface area contributed by atoms with E-state index in [1.54, 1.807) is 6.07 Å². The zero-order chi connectivity index (χ0) is 28.7. The van der Waals surface area contributed by atoms with Crippen molar-refractivity contribution in [2.45, 2.75) is 31.5 Å². The van der Waals surface area contributed by atoms with E-state index in [1.807, 2.05) is 23.1 Å². The molecule has 1 amide bonds. The van der Waals surface area contributed by atoms with E-state index in [0.717, 1.165) is 22.3 Å². The van der Waals surface area contributed by atoms with Crippen LogP contribution in [0.2, 0.25) is 5.02 Å². The summed E-state index contributed by atoms with van der Waals surface area (Å²) in [6.45, 7) is 6.51. The molecule has 3 aliphatic heterocycles. The Labute approximate surface area is 241 Å². The van der Waals surface area contributed by atoms with E-state index < -0.39 is 23.6 Å². The third kappa shape index (κ3) is 5.13. The summed E-state index contributed by atoms with van der Waals surface area (Å²) in [6, 6.07) is 10.7. The van der Waals surface area contributed by atoms with Crippen molar-refractivity contribution in [3.05, 3.63) is 64.8 Å². The largest absolute Gasteiger partial charge is 0.457 e. The van der Waals surface area contributed by atoms with Crippen LogP contribution >= 0.6 is 11.6 Å². The summed E-state index contributed by atoms with van der Waals surface area (Å²) in [5.74, 6) is -1.62. The van der Waals surface area contributed by atoms with Gasteiger partial charge in [-0.05, 0) is 23.9 Å². The monoisotopic (exact) mass is 579 g/mol. The Morgan fingerprint density at radius 3 is 2.76 bits per heavy atom. The average Bonchev–Trinajstić information content (AvgIpc) is 2.95. The fraction of sp³-hybridized carbons (Fsp3) is 0.379. The lowest BCUT2D eigenvalue weighted by Gasteiger charge is -2.42. The van der Waals surface area contributed by atoms with Crippen LogP contribution in [0.15, 0.2) is 42.7 Å². The molecule has 1 aromatic heterocycles. The molecule has 6 rings (SSSR count). The number of hydrogen-bond donors (Lipinski definition) is 1. The molecule has 0 aliphatic carbocycles. The van der Waals surface area contributed by atoms with Crippen molar-refractivity contribution >= 4 is 39.8 Å². The number of nitriles is 1. The summed E-state index contributed by atoms with van der Waals surface area (Å²) in [4.78, 5) is 27.5. The van der Waals surface area contributed by atoms with Gasteiger partial charge in [0.05, 0.1) is 35.8 Å². The van der Waals surface area contributed by atoms with Crippen molar-refractivity contribution in [3.63, 3.8) is 0 Å². The molecule has 0 saturated carbocycles. The molecule has 9 nitrogen and oxygen atoms in total. The first-order valence-corrected chi connectivity index (χ1v) is 13.9. The SMILES string of the molecule is C=C(F)C(=O)N1CCN(c2nc(OC3CNC3)nc3c2CCN(c2cccc4ccc(F)c(Cl)c24)C3)CC1CC#N. The van der Waals surface area contributed by atoms with Crippen LogP contribution in [0.4, 0.5) is 20.3 Å². The highest BCUT2D eigenvalue weighted by Gasteiger charge is 2.35. The highest BCUT2D eigenvalue weighted by atomic mass is 35.5. The number of carbonyl (C=O) groups excluding carboxylic acids is 1. The second-order valence-corrected chi connectivity index (χ2v) is 10.8. The van der Waals surface area contributed by atoms with Gasteiger partial charge in [-0.2, -0.15) is 15.2 Å². The molecule has 1 unspecified atom stereocenters. The van der Waals surface area contributed by atoms with E-state index in [1.165, 1.54) is 11.0 Å². The summed E-state index contributed by atoms with van der Waals surface area (Å²) in [5.41, 5.74) is 2.54. The predicted molar refractivity (Wildman–Crippen MR) is 151 cm³/mol. The minimum atomic E-state index is -1.04. The molecule has 212 valence electrons. The van der Waals surface area contributed by atoms with Crippen LogP contribution in [-0.2, 0) is 17.8 Å². The van der Waals surface area contributed by atoms with Gasteiger partial charge in [-0.25, -0.2) is 8.78 Å². The van der Waals surface area contributed by atoms with Crippen LogP contribution in [0.1, 0.15) is 17.7 Å². The molecule has 4 heterocycles. The minimum absolute atomic E-state index is 0.0446. The first kappa shape index (κ1) is 27.2. The Morgan fingerprint density at radius 2 is 2.02 bits per heavy atom. The highest BCUT2D eigenvalue weighted by molar-refractivity contribution is 6.36. The molecule has 2 aromatic carbocycles. The molecule has 2 fully saturated rings. The number of ether oxygens (including phenoxy) is 1. The number of anilines is 2. The van der Waals surface area contributed by atoms with Crippen molar-refractivity contribution in [1.82, 2.24) is 20.2 Å². The smallest absolute Gasteiger partial charge is 0.319 e. The van der Waals surface area contributed by atoms with E-state index in [-0.39, 0.29) is 30.1 Å². The zero-order valence-corrected chi connectivity index (χ0v) is 23.0. The van der Waals surface area contributed by atoms with Crippen molar-refractivity contribution in [1.29, 1.82) is 5.26 Å². The van der Waals surface area contributed by atoms with Gasteiger partial charge in [0.15, 0.2) is 5.83 Å². The van der Waals surface area contributed by atoms with Crippen LogP contribution in [0.5, 0.6) is 6.01 Å². The van der Waals surface area contributed by atoms with Crippen molar-refractivity contribution < 1.29 is 18.3 Å². The summed E-state index contributed by atoms with van der Waals surface area (Å²) in [5, 5.41) is 14.2. The molecule has 12 heteroatoms. The number of nitrogens with zero attached hydrogens (tertiary/aromatic N) is 6. The molecule has 0 spiro atoms. The van der Waals surface area contributed by atoms with Crippen molar-refractivity contribution in [3.8, 4) is 12.1 Å². The number of rotatable bonds is 6. The fourth-order valence-electron chi connectivity index (χ4n) is 5.71. The van der Waals surface area contributed by atoms with Gasteiger partial charge in [0.25, 0.3) is 5.91 Å². The van der Waals surface area contributed by atoms with Gasteiger partial charge < -0.3 is 24.8 Å². The van der Waals surface area contributed by atoms with Gasteiger partial charge in [-0.1, -0.05) is 36.4 Å². The van der Waals surface area contributed by atoms with Gasteiger partial charge in [-0.15, -0.1) is 0 Å². The van der Waals surface area contributed by atoms with Gasteiger partial charge in [0, 0.05) is 55.9 Å². The zero-order valence-electron chi connectivity index (χ0n) is 22.2. The van der Waals surface area contributed by atoms with Crippen LogP contribution < -0.4 is 19.9 Å². The van der Waals surface area contributed by atoms with E-state index in [9.17, 15) is 18.8 Å². The van der Waals surface area contributed by atoms with E-state index >= 15 is 0 Å². The molecule has 1 atom stereocenters. The highest BCUT2D eigenvalue weighted by Crippen LogP contribution is 2.38. The summed E-state index contributed by atoms with van der Waals surface area (Å²) in [7, 11) is 0. The molecule has 3 aromatic rings. The summed E-state index contributed by atoms with van der Waals surface area (Å²) in [6.07, 6.45) is 0.603. The Morgan fingerprint density at radius 1 is 1.20 bits per heavy atom. The van der Waals surface area contributed by atoms with E-state index in [0.29, 0.717) is 56.9 Å². The fourth-order valence-corrected chi connectivity index (χ4v) is 5.98. The van der Waals surface area contributed by atoms with Gasteiger partial charge >= 0.3 is 6.01 Å². The maximum atomic E-state index is 14.4. The van der Waals surface area contributed by atoms with Gasteiger partial charge in [0.1, 0.15) is 17.7 Å². The maximum Gasteiger partial charge on any atom is 0.319 e. The lowest BCUT2D eigenvalue weighted by atomic mass is 10.0. The Hall–Kier alpha value is -4.01. The molecular formula is C29H28ClF2N7O2. The predicted octanol–water partition coefficient (Wildman–Crippen LogP) is 3.75. The Kier molecular flexibility index (Phi) is 7.36. The molecule has 0 bridgehead atoms. The number of carbonyl (C=O) groups is 1. The topological polar surface area (TPSA) is 97.6 Å².